The minimum atomic E-state index is -0.0775. The molecule has 1 unspecified atom stereocenters. The molecule has 4 nitrogen and oxygen atoms in total. The summed E-state index contributed by atoms with van der Waals surface area (Å²) in [6, 6.07) is 10.2. The van der Waals surface area contributed by atoms with Crippen LogP contribution in [0.4, 0.5) is 0 Å². The van der Waals surface area contributed by atoms with Crippen LogP contribution < -0.4 is 5.32 Å². The second kappa shape index (κ2) is 5.72. The van der Waals surface area contributed by atoms with Gasteiger partial charge in [-0.25, -0.2) is 0 Å². The lowest BCUT2D eigenvalue weighted by Crippen LogP contribution is -2.30. The molecular formula is C17H20N2O2. The number of carbonyl (C=O) groups is 1. The van der Waals surface area contributed by atoms with Gasteiger partial charge in [0.1, 0.15) is 11.3 Å². The molecular weight excluding hydrogens is 264 g/mol. The topological polar surface area (TPSA) is 55.1 Å². The Hall–Kier alpha value is -2.10. The third-order valence-electron chi connectivity index (χ3n) is 4.03. The van der Waals surface area contributed by atoms with E-state index >= 15 is 0 Å². The molecule has 0 bridgehead atoms. The first kappa shape index (κ1) is 13.9. The second-order valence-corrected chi connectivity index (χ2v) is 5.61. The number of aromatic nitrogens is 1. The molecule has 21 heavy (non-hydrogen) atoms. The highest BCUT2D eigenvalue weighted by molar-refractivity contribution is 5.96. The van der Waals surface area contributed by atoms with Gasteiger partial charge in [-0.2, -0.15) is 0 Å². The fourth-order valence-corrected chi connectivity index (χ4v) is 2.73. The predicted octanol–water partition coefficient (Wildman–Crippen LogP) is 3.43. The fourth-order valence-electron chi connectivity index (χ4n) is 2.73. The third kappa shape index (κ3) is 2.84. The van der Waals surface area contributed by atoms with Gasteiger partial charge in [0.05, 0.1) is 11.7 Å². The molecule has 1 aliphatic rings. The highest BCUT2D eigenvalue weighted by Gasteiger charge is 2.34. The van der Waals surface area contributed by atoms with E-state index in [0.29, 0.717) is 23.7 Å². The molecule has 2 aromatic rings. The van der Waals surface area contributed by atoms with Gasteiger partial charge in [0, 0.05) is 0 Å². The van der Waals surface area contributed by atoms with Crippen LogP contribution in [-0.4, -0.2) is 11.1 Å². The Morgan fingerprint density at radius 1 is 1.38 bits per heavy atom. The van der Waals surface area contributed by atoms with Crippen LogP contribution in [0.15, 0.2) is 34.9 Å². The summed E-state index contributed by atoms with van der Waals surface area (Å²) in [7, 11) is 0. The van der Waals surface area contributed by atoms with E-state index in [-0.39, 0.29) is 11.9 Å². The first-order valence-electron chi connectivity index (χ1n) is 7.51. The van der Waals surface area contributed by atoms with Crippen molar-refractivity contribution < 1.29 is 9.32 Å². The van der Waals surface area contributed by atoms with Crippen molar-refractivity contribution in [1.82, 2.24) is 10.5 Å². The third-order valence-corrected chi connectivity index (χ3v) is 4.03. The van der Waals surface area contributed by atoms with Crippen molar-refractivity contribution >= 4 is 5.91 Å². The van der Waals surface area contributed by atoms with Crippen LogP contribution in [0.1, 0.15) is 53.2 Å². The SMILES string of the molecule is CCc1noc(C)c1C(=O)NC(c1ccccc1)C1CC1. The van der Waals surface area contributed by atoms with Crippen LogP contribution in [0.25, 0.3) is 0 Å². The molecule has 3 rings (SSSR count). The van der Waals surface area contributed by atoms with E-state index in [9.17, 15) is 4.79 Å². The molecule has 0 aliphatic heterocycles. The average molecular weight is 284 g/mol. The van der Waals surface area contributed by atoms with Crippen LogP contribution in [0.2, 0.25) is 0 Å². The number of carbonyl (C=O) groups excluding carboxylic acids is 1. The van der Waals surface area contributed by atoms with Gasteiger partial charge < -0.3 is 9.84 Å². The summed E-state index contributed by atoms with van der Waals surface area (Å²) in [5, 5.41) is 7.13. The van der Waals surface area contributed by atoms with Crippen LogP contribution in [0.5, 0.6) is 0 Å². The minimum Gasteiger partial charge on any atom is -0.361 e. The van der Waals surface area contributed by atoms with Crippen molar-refractivity contribution in [3.8, 4) is 0 Å². The number of nitrogens with one attached hydrogen (secondary N) is 1. The van der Waals surface area contributed by atoms with Gasteiger partial charge in [-0.1, -0.05) is 42.4 Å². The lowest BCUT2D eigenvalue weighted by atomic mass is 10.0. The number of amides is 1. The van der Waals surface area contributed by atoms with E-state index in [1.807, 2.05) is 25.1 Å². The maximum absolute atomic E-state index is 12.6. The molecule has 1 heterocycles. The molecule has 1 saturated carbocycles. The van der Waals surface area contributed by atoms with E-state index in [4.69, 9.17) is 4.52 Å². The summed E-state index contributed by atoms with van der Waals surface area (Å²) >= 11 is 0. The number of nitrogens with zero attached hydrogens (tertiary/aromatic N) is 1. The molecule has 1 amide bonds. The normalized spacial score (nSPS) is 15.7. The maximum atomic E-state index is 12.6. The van der Waals surface area contributed by atoms with E-state index in [2.05, 4.69) is 22.6 Å². The second-order valence-electron chi connectivity index (χ2n) is 5.61. The summed E-state index contributed by atoms with van der Waals surface area (Å²) in [4.78, 5) is 12.6. The molecule has 4 heteroatoms. The molecule has 1 fully saturated rings. The van der Waals surface area contributed by atoms with Gasteiger partial charge in [-0.05, 0) is 37.7 Å². The monoisotopic (exact) mass is 284 g/mol. The minimum absolute atomic E-state index is 0.0775. The fraction of sp³-hybridized carbons (Fsp3) is 0.412. The number of rotatable bonds is 5. The average Bonchev–Trinajstić information content (AvgIpc) is 3.27. The quantitative estimate of drug-likeness (QED) is 0.915. The van der Waals surface area contributed by atoms with Gasteiger partial charge >= 0.3 is 0 Å². The van der Waals surface area contributed by atoms with E-state index < -0.39 is 0 Å². The van der Waals surface area contributed by atoms with Crippen molar-refractivity contribution in [2.45, 2.75) is 39.2 Å². The summed E-state index contributed by atoms with van der Waals surface area (Å²) < 4.78 is 5.16. The van der Waals surface area contributed by atoms with Crippen LogP contribution >= 0.6 is 0 Å². The Labute approximate surface area is 124 Å². The Morgan fingerprint density at radius 2 is 2.10 bits per heavy atom. The molecule has 0 radical (unpaired) electrons. The Balaban J connectivity index is 1.83. The molecule has 1 aliphatic carbocycles. The van der Waals surface area contributed by atoms with E-state index in [0.717, 1.165) is 5.69 Å². The highest BCUT2D eigenvalue weighted by Crippen LogP contribution is 2.41. The first-order chi connectivity index (χ1) is 10.2. The summed E-state index contributed by atoms with van der Waals surface area (Å²) in [6.07, 6.45) is 3.03. The molecule has 1 atom stereocenters. The molecule has 0 spiro atoms. The number of aryl methyl sites for hydroxylation is 2. The predicted molar refractivity (Wildman–Crippen MR) is 80.0 cm³/mol. The zero-order chi connectivity index (χ0) is 14.8. The van der Waals surface area contributed by atoms with Crippen molar-refractivity contribution in [3.63, 3.8) is 0 Å². The molecule has 1 N–H and O–H groups in total. The van der Waals surface area contributed by atoms with Crippen molar-refractivity contribution in [1.29, 1.82) is 0 Å². The Morgan fingerprint density at radius 3 is 2.71 bits per heavy atom. The molecule has 110 valence electrons. The van der Waals surface area contributed by atoms with Gasteiger partial charge in [-0.15, -0.1) is 0 Å². The van der Waals surface area contributed by atoms with Gasteiger partial charge in [0.15, 0.2) is 0 Å². The lowest BCUT2D eigenvalue weighted by molar-refractivity contribution is 0.0929. The summed E-state index contributed by atoms with van der Waals surface area (Å²) in [5.41, 5.74) is 2.49. The van der Waals surface area contributed by atoms with Crippen LogP contribution in [0, 0.1) is 12.8 Å². The van der Waals surface area contributed by atoms with E-state index in [1.165, 1.54) is 18.4 Å². The van der Waals surface area contributed by atoms with Crippen molar-refractivity contribution in [2.24, 2.45) is 5.92 Å². The molecule has 0 saturated heterocycles. The van der Waals surface area contributed by atoms with Crippen LogP contribution in [0.3, 0.4) is 0 Å². The van der Waals surface area contributed by atoms with Gasteiger partial charge in [-0.3, -0.25) is 4.79 Å². The summed E-state index contributed by atoms with van der Waals surface area (Å²) in [6.45, 7) is 3.76. The zero-order valence-electron chi connectivity index (χ0n) is 12.4. The number of benzene rings is 1. The standard InChI is InChI=1S/C17H20N2O2/c1-3-14-15(11(2)21-19-14)17(20)18-16(13-9-10-13)12-7-5-4-6-8-12/h4-8,13,16H,3,9-10H2,1-2H3,(H,18,20). The molecule has 1 aromatic heterocycles. The largest absolute Gasteiger partial charge is 0.361 e. The molecule has 1 aromatic carbocycles. The van der Waals surface area contributed by atoms with Crippen molar-refractivity contribution in [2.75, 3.05) is 0 Å². The summed E-state index contributed by atoms with van der Waals surface area (Å²) in [5.74, 6) is 1.06. The van der Waals surface area contributed by atoms with Gasteiger partial charge in [0.2, 0.25) is 0 Å². The van der Waals surface area contributed by atoms with Gasteiger partial charge in [0.25, 0.3) is 5.91 Å². The Bertz CT molecular complexity index is 629. The highest BCUT2D eigenvalue weighted by atomic mass is 16.5. The lowest BCUT2D eigenvalue weighted by Gasteiger charge is -2.18. The Kier molecular flexibility index (Phi) is 3.78. The number of hydrogen-bond donors (Lipinski definition) is 1. The van der Waals surface area contributed by atoms with E-state index in [1.54, 1.807) is 6.92 Å². The maximum Gasteiger partial charge on any atom is 0.257 e. The van der Waals surface area contributed by atoms with Crippen molar-refractivity contribution in [3.05, 3.63) is 52.9 Å². The first-order valence-corrected chi connectivity index (χ1v) is 7.51. The van der Waals surface area contributed by atoms with Crippen LogP contribution in [-0.2, 0) is 6.42 Å². The number of hydrogen-bond acceptors (Lipinski definition) is 3. The zero-order valence-corrected chi connectivity index (χ0v) is 12.4. The smallest absolute Gasteiger partial charge is 0.257 e.